The van der Waals surface area contributed by atoms with Gasteiger partial charge in [-0.1, -0.05) is 84.9 Å². The summed E-state index contributed by atoms with van der Waals surface area (Å²) in [5, 5.41) is 1.14. The highest BCUT2D eigenvalue weighted by molar-refractivity contribution is 5.92. The normalized spacial score (nSPS) is 11.2. The molecule has 0 aliphatic heterocycles. The van der Waals surface area contributed by atoms with E-state index < -0.39 is 0 Å². The van der Waals surface area contributed by atoms with Gasteiger partial charge >= 0.3 is 0 Å². The van der Waals surface area contributed by atoms with E-state index in [4.69, 9.17) is 4.98 Å². The first-order valence-corrected chi connectivity index (χ1v) is 11.2. The summed E-state index contributed by atoms with van der Waals surface area (Å²) in [6.07, 6.45) is 4.09. The summed E-state index contributed by atoms with van der Waals surface area (Å²) in [6, 6.07) is 38.5. The SMILES string of the molecule is C/C=C\N(C)c1nc2ccccc2cc1-c1cc(-c2ccccc2)cc(-c2ccccc2)c1. The van der Waals surface area contributed by atoms with Crippen LogP contribution in [0.15, 0.2) is 121 Å². The summed E-state index contributed by atoms with van der Waals surface area (Å²) in [5.41, 5.74) is 8.06. The second kappa shape index (κ2) is 9.13. The van der Waals surface area contributed by atoms with E-state index in [1.165, 1.54) is 22.3 Å². The Balaban J connectivity index is 1.79. The largest absolute Gasteiger partial charge is 0.336 e. The summed E-state index contributed by atoms with van der Waals surface area (Å²) in [4.78, 5) is 7.15. The molecule has 160 valence electrons. The molecule has 4 aromatic carbocycles. The fourth-order valence-electron chi connectivity index (χ4n) is 4.26. The van der Waals surface area contributed by atoms with Crippen LogP contribution in [-0.4, -0.2) is 12.0 Å². The average molecular weight is 427 g/mol. The van der Waals surface area contributed by atoms with Crippen LogP contribution in [0, 0.1) is 0 Å². The van der Waals surface area contributed by atoms with Crippen molar-refractivity contribution in [3.8, 4) is 33.4 Å². The second-order valence-corrected chi connectivity index (χ2v) is 8.18. The number of aromatic nitrogens is 1. The molecule has 0 amide bonds. The third-order valence-electron chi connectivity index (χ3n) is 5.87. The lowest BCUT2D eigenvalue weighted by Crippen LogP contribution is -2.11. The number of nitrogens with zero attached hydrogens (tertiary/aromatic N) is 2. The minimum Gasteiger partial charge on any atom is -0.336 e. The highest BCUT2D eigenvalue weighted by Crippen LogP contribution is 2.37. The first-order valence-electron chi connectivity index (χ1n) is 11.2. The summed E-state index contributed by atoms with van der Waals surface area (Å²) in [7, 11) is 2.06. The van der Waals surface area contributed by atoms with E-state index in [2.05, 4.69) is 121 Å². The fourth-order valence-corrected chi connectivity index (χ4v) is 4.26. The number of fused-ring (bicyclic) bond motifs is 1. The van der Waals surface area contributed by atoms with Gasteiger partial charge in [0.2, 0.25) is 0 Å². The number of hydrogen-bond donors (Lipinski definition) is 0. The maximum absolute atomic E-state index is 5.05. The molecule has 1 aromatic heterocycles. The topological polar surface area (TPSA) is 16.1 Å². The van der Waals surface area contributed by atoms with Crippen molar-refractivity contribution in [2.24, 2.45) is 0 Å². The number of benzene rings is 4. The molecule has 1 heterocycles. The van der Waals surface area contributed by atoms with Crippen molar-refractivity contribution in [2.75, 3.05) is 11.9 Å². The van der Waals surface area contributed by atoms with E-state index in [0.717, 1.165) is 27.8 Å². The van der Waals surface area contributed by atoms with Gasteiger partial charge in [-0.2, -0.15) is 0 Å². The third kappa shape index (κ3) is 4.28. The van der Waals surface area contributed by atoms with E-state index >= 15 is 0 Å². The van der Waals surface area contributed by atoms with Crippen LogP contribution in [-0.2, 0) is 0 Å². The van der Waals surface area contributed by atoms with E-state index in [1.54, 1.807) is 0 Å². The number of allylic oxidation sites excluding steroid dienone is 1. The summed E-state index contributed by atoms with van der Waals surface area (Å²) < 4.78 is 0. The van der Waals surface area contributed by atoms with Gasteiger partial charge in [-0.25, -0.2) is 4.98 Å². The van der Waals surface area contributed by atoms with E-state index in [-0.39, 0.29) is 0 Å². The van der Waals surface area contributed by atoms with Gasteiger partial charge in [-0.3, -0.25) is 0 Å². The quantitative estimate of drug-likeness (QED) is 0.281. The Labute approximate surface area is 195 Å². The van der Waals surface area contributed by atoms with Crippen molar-refractivity contribution < 1.29 is 0 Å². The lowest BCUT2D eigenvalue weighted by Gasteiger charge is -2.20. The minimum absolute atomic E-state index is 0.941. The molecule has 0 saturated carbocycles. The maximum Gasteiger partial charge on any atom is 0.140 e. The molecule has 0 bridgehead atoms. The zero-order valence-corrected chi connectivity index (χ0v) is 18.9. The Morgan fingerprint density at radius 2 is 1.15 bits per heavy atom. The molecule has 0 atom stereocenters. The molecule has 5 rings (SSSR count). The molecule has 0 unspecified atom stereocenters. The molecular formula is C31H26N2. The van der Waals surface area contributed by atoms with Gasteiger partial charge in [-0.05, 0) is 65.1 Å². The predicted octanol–water partition coefficient (Wildman–Crippen LogP) is 8.21. The molecule has 0 fully saturated rings. The number of para-hydroxylation sites is 1. The molecule has 5 aromatic rings. The van der Waals surface area contributed by atoms with Crippen molar-refractivity contribution in [1.29, 1.82) is 0 Å². The van der Waals surface area contributed by atoms with Crippen LogP contribution in [0.1, 0.15) is 6.92 Å². The highest BCUT2D eigenvalue weighted by atomic mass is 15.1. The summed E-state index contributed by atoms with van der Waals surface area (Å²) in [6.45, 7) is 2.03. The van der Waals surface area contributed by atoms with Crippen LogP contribution in [0.5, 0.6) is 0 Å². The van der Waals surface area contributed by atoms with Gasteiger partial charge in [0, 0.05) is 24.2 Å². The molecule has 2 heteroatoms. The van der Waals surface area contributed by atoms with Crippen LogP contribution < -0.4 is 4.90 Å². The van der Waals surface area contributed by atoms with E-state index in [9.17, 15) is 0 Å². The van der Waals surface area contributed by atoms with Gasteiger partial charge in [0.25, 0.3) is 0 Å². The van der Waals surface area contributed by atoms with Crippen molar-refractivity contribution in [3.05, 3.63) is 121 Å². The van der Waals surface area contributed by atoms with Gasteiger partial charge in [0.15, 0.2) is 0 Å². The molecule has 0 N–H and O–H groups in total. The number of anilines is 1. The minimum atomic E-state index is 0.941. The van der Waals surface area contributed by atoms with Crippen molar-refractivity contribution in [1.82, 2.24) is 4.98 Å². The number of hydrogen-bond acceptors (Lipinski definition) is 2. The van der Waals surface area contributed by atoms with Gasteiger partial charge in [0.05, 0.1) is 5.52 Å². The Hall–Kier alpha value is -4.17. The Morgan fingerprint density at radius 3 is 1.76 bits per heavy atom. The molecular weight excluding hydrogens is 400 g/mol. The fraction of sp³-hybridized carbons (Fsp3) is 0.0645. The molecule has 0 aliphatic carbocycles. The first kappa shape index (κ1) is 20.7. The zero-order valence-electron chi connectivity index (χ0n) is 18.9. The average Bonchev–Trinajstić information content (AvgIpc) is 2.89. The van der Waals surface area contributed by atoms with Crippen LogP contribution in [0.2, 0.25) is 0 Å². The molecule has 0 aliphatic rings. The molecule has 0 radical (unpaired) electrons. The second-order valence-electron chi connectivity index (χ2n) is 8.18. The van der Waals surface area contributed by atoms with E-state index in [0.29, 0.717) is 0 Å². The van der Waals surface area contributed by atoms with Gasteiger partial charge in [0.1, 0.15) is 5.82 Å². The standard InChI is InChI=1S/C31H26N2/c1-3-18-33(2)31-29(22-25-16-10-11-17-30(25)32-31)28-20-26(23-12-6-4-7-13-23)19-27(21-28)24-14-8-5-9-15-24/h3-22H,1-2H3/b18-3-. The van der Waals surface area contributed by atoms with Crippen LogP contribution in [0.25, 0.3) is 44.3 Å². The van der Waals surface area contributed by atoms with Crippen molar-refractivity contribution >= 4 is 16.7 Å². The number of rotatable bonds is 5. The maximum atomic E-state index is 5.05. The third-order valence-corrected chi connectivity index (χ3v) is 5.87. The van der Waals surface area contributed by atoms with E-state index in [1.807, 2.05) is 19.1 Å². The molecule has 0 saturated heterocycles. The van der Waals surface area contributed by atoms with Crippen LogP contribution in [0.4, 0.5) is 5.82 Å². The lowest BCUT2D eigenvalue weighted by atomic mass is 9.93. The zero-order chi connectivity index (χ0) is 22.6. The van der Waals surface area contributed by atoms with Crippen LogP contribution in [0.3, 0.4) is 0 Å². The first-order chi connectivity index (χ1) is 16.2. The summed E-state index contributed by atoms with van der Waals surface area (Å²) in [5.74, 6) is 0.941. The summed E-state index contributed by atoms with van der Waals surface area (Å²) >= 11 is 0. The smallest absolute Gasteiger partial charge is 0.140 e. The van der Waals surface area contributed by atoms with Crippen molar-refractivity contribution in [2.45, 2.75) is 6.92 Å². The monoisotopic (exact) mass is 426 g/mol. The molecule has 2 nitrogen and oxygen atoms in total. The molecule has 33 heavy (non-hydrogen) atoms. The molecule has 0 spiro atoms. The Morgan fingerprint density at radius 1 is 0.606 bits per heavy atom. The van der Waals surface area contributed by atoms with Crippen LogP contribution >= 0.6 is 0 Å². The predicted molar refractivity (Wildman–Crippen MR) is 141 cm³/mol. The number of pyridine rings is 1. The Kier molecular flexibility index (Phi) is 5.73. The van der Waals surface area contributed by atoms with Crippen molar-refractivity contribution in [3.63, 3.8) is 0 Å². The lowest BCUT2D eigenvalue weighted by molar-refractivity contribution is 1.14. The Bertz CT molecular complexity index is 1360. The van der Waals surface area contributed by atoms with Gasteiger partial charge in [-0.15, -0.1) is 0 Å². The van der Waals surface area contributed by atoms with Gasteiger partial charge < -0.3 is 4.90 Å². The highest BCUT2D eigenvalue weighted by Gasteiger charge is 2.14.